The van der Waals surface area contributed by atoms with Crippen molar-refractivity contribution in [2.24, 2.45) is 11.3 Å². The molecule has 2 heterocycles. The number of urea groups is 1. The van der Waals surface area contributed by atoms with Gasteiger partial charge in [-0.3, -0.25) is 9.78 Å². The van der Waals surface area contributed by atoms with Gasteiger partial charge in [-0.2, -0.15) is 0 Å². The Morgan fingerprint density at radius 3 is 2.81 bits per heavy atom. The van der Waals surface area contributed by atoms with Gasteiger partial charge in [0.05, 0.1) is 11.9 Å². The fourth-order valence-corrected chi connectivity index (χ4v) is 3.67. The molecule has 1 aliphatic heterocycles. The largest absolute Gasteiger partial charge is 0.324 e. The number of hydrogen-bond donors (Lipinski definition) is 2. The van der Waals surface area contributed by atoms with Gasteiger partial charge < -0.3 is 15.5 Å². The molecule has 2 N–H and O–H groups in total. The lowest BCUT2D eigenvalue weighted by Gasteiger charge is -2.17. The highest BCUT2D eigenvalue weighted by atomic mass is 19.1. The van der Waals surface area contributed by atoms with Crippen molar-refractivity contribution in [2.75, 3.05) is 23.7 Å². The van der Waals surface area contributed by atoms with Crippen molar-refractivity contribution < 1.29 is 14.0 Å². The molecule has 0 bridgehead atoms. The van der Waals surface area contributed by atoms with Crippen LogP contribution in [-0.2, 0) is 4.79 Å². The number of pyridine rings is 1. The third-order valence-corrected chi connectivity index (χ3v) is 5.18. The summed E-state index contributed by atoms with van der Waals surface area (Å²) >= 11 is 0. The molecule has 0 unspecified atom stereocenters. The molecule has 0 radical (unpaired) electrons. The number of halogens is 1. The Hall–Kier alpha value is -2.96. The number of likely N-dealkylation sites (tertiary alicyclic amines) is 1. The molecular formula is C19H19FN4O2. The molecule has 1 saturated carbocycles. The smallest absolute Gasteiger partial charge is 0.321 e. The van der Waals surface area contributed by atoms with Gasteiger partial charge in [0.25, 0.3) is 0 Å². The summed E-state index contributed by atoms with van der Waals surface area (Å²) in [4.78, 5) is 30.5. The molecule has 7 heteroatoms. The van der Waals surface area contributed by atoms with Crippen LogP contribution >= 0.6 is 0 Å². The molecular weight excluding hydrogens is 335 g/mol. The highest BCUT2D eigenvalue weighted by molar-refractivity contribution is 5.95. The number of nitrogens with one attached hydrogen (secondary N) is 2. The number of rotatable bonds is 3. The Morgan fingerprint density at radius 2 is 2.04 bits per heavy atom. The molecule has 26 heavy (non-hydrogen) atoms. The average molecular weight is 354 g/mol. The van der Waals surface area contributed by atoms with Crippen LogP contribution in [0.1, 0.15) is 12.8 Å². The molecule has 134 valence electrons. The Balaban J connectivity index is 1.34. The van der Waals surface area contributed by atoms with Gasteiger partial charge in [0, 0.05) is 36.3 Å². The summed E-state index contributed by atoms with van der Waals surface area (Å²) in [7, 11) is 0. The van der Waals surface area contributed by atoms with Crippen LogP contribution < -0.4 is 10.6 Å². The van der Waals surface area contributed by atoms with Crippen LogP contribution in [0.2, 0.25) is 0 Å². The van der Waals surface area contributed by atoms with E-state index in [0.717, 1.165) is 12.8 Å². The number of amides is 3. The maximum absolute atomic E-state index is 13.2. The molecule has 6 nitrogen and oxygen atoms in total. The molecule has 2 atom stereocenters. The van der Waals surface area contributed by atoms with E-state index in [2.05, 4.69) is 15.6 Å². The minimum atomic E-state index is -0.393. The number of hydrogen-bond acceptors (Lipinski definition) is 3. The van der Waals surface area contributed by atoms with Gasteiger partial charge in [-0.25, -0.2) is 9.18 Å². The Morgan fingerprint density at radius 1 is 1.19 bits per heavy atom. The van der Waals surface area contributed by atoms with E-state index in [1.807, 2.05) is 0 Å². The summed E-state index contributed by atoms with van der Waals surface area (Å²) in [5.41, 5.74) is 0.974. The molecule has 2 aliphatic rings. The first-order chi connectivity index (χ1) is 12.6. The van der Waals surface area contributed by atoms with E-state index < -0.39 is 5.82 Å². The van der Waals surface area contributed by atoms with E-state index in [9.17, 15) is 14.0 Å². The number of carbonyl (C=O) groups excluding carboxylic acids is 2. The van der Waals surface area contributed by atoms with Crippen molar-refractivity contribution in [3.63, 3.8) is 0 Å². The first-order valence-corrected chi connectivity index (χ1v) is 8.58. The first kappa shape index (κ1) is 16.5. The predicted octanol–water partition coefficient (Wildman–Crippen LogP) is 3.10. The minimum absolute atomic E-state index is 0.0228. The van der Waals surface area contributed by atoms with Gasteiger partial charge in [0.2, 0.25) is 5.91 Å². The highest BCUT2D eigenvalue weighted by Crippen LogP contribution is 2.58. The summed E-state index contributed by atoms with van der Waals surface area (Å²) < 4.78 is 13.2. The summed E-state index contributed by atoms with van der Waals surface area (Å²) in [5.74, 6) is -0.505. The summed E-state index contributed by atoms with van der Waals surface area (Å²) in [5, 5.41) is 5.60. The van der Waals surface area contributed by atoms with Crippen molar-refractivity contribution in [1.82, 2.24) is 9.88 Å². The topological polar surface area (TPSA) is 74.3 Å². The van der Waals surface area contributed by atoms with Crippen LogP contribution in [0.25, 0.3) is 0 Å². The van der Waals surface area contributed by atoms with Crippen molar-refractivity contribution in [1.29, 1.82) is 0 Å². The van der Waals surface area contributed by atoms with Crippen molar-refractivity contribution in [3.8, 4) is 0 Å². The Labute approximate surface area is 150 Å². The summed E-state index contributed by atoms with van der Waals surface area (Å²) in [6, 6.07) is 9.12. The average Bonchev–Trinajstić information content (AvgIpc) is 3.16. The Kier molecular flexibility index (Phi) is 4.06. The molecule has 2 aromatic rings. The molecule has 1 aromatic heterocycles. The number of anilines is 2. The second-order valence-corrected chi connectivity index (χ2v) is 6.96. The molecule has 2 fully saturated rings. The maximum Gasteiger partial charge on any atom is 0.321 e. The van der Waals surface area contributed by atoms with Gasteiger partial charge in [0.15, 0.2) is 0 Å². The molecule has 1 aliphatic carbocycles. The third-order valence-electron chi connectivity index (χ3n) is 5.18. The van der Waals surface area contributed by atoms with Crippen LogP contribution in [0.4, 0.5) is 20.6 Å². The van der Waals surface area contributed by atoms with E-state index in [1.54, 1.807) is 41.6 Å². The fourth-order valence-electron chi connectivity index (χ4n) is 3.67. The lowest BCUT2D eigenvalue weighted by Crippen LogP contribution is -2.33. The maximum atomic E-state index is 13.2. The summed E-state index contributed by atoms with van der Waals surface area (Å²) in [6.45, 7) is 1.14. The van der Waals surface area contributed by atoms with Gasteiger partial charge in [-0.1, -0.05) is 6.07 Å². The Bertz CT molecular complexity index is 844. The van der Waals surface area contributed by atoms with Gasteiger partial charge in [-0.05, 0) is 43.2 Å². The summed E-state index contributed by atoms with van der Waals surface area (Å²) in [6.07, 6.45) is 4.85. The predicted molar refractivity (Wildman–Crippen MR) is 95.0 cm³/mol. The number of nitrogens with zero attached hydrogens (tertiary/aromatic N) is 2. The minimum Gasteiger partial charge on any atom is -0.324 e. The second kappa shape index (κ2) is 6.40. The normalized spacial score (nSPS) is 23.7. The number of carbonyl (C=O) groups is 2. The molecule has 1 saturated heterocycles. The van der Waals surface area contributed by atoms with Crippen LogP contribution in [0.3, 0.4) is 0 Å². The zero-order chi connectivity index (χ0) is 18.1. The number of benzene rings is 1. The third kappa shape index (κ3) is 3.24. The van der Waals surface area contributed by atoms with Crippen molar-refractivity contribution in [2.45, 2.75) is 12.8 Å². The van der Waals surface area contributed by atoms with Crippen LogP contribution in [0.5, 0.6) is 0 Å². The van der Waals surface area contributed by atoms with E-state index in [1.165, 1.54) is 12.1 Å². The van der Waals surface area contributed by atoms with E-state index >= 15 is 0 Å². The first-order valence-electron chi connectivity index (χ1n) is 8.58. The SMILES string of the molecule is O=C(Nc1cccnc1)[C@@H]1C[C@@]12CCN(C(=O)Nc1cccc(F)c1)C2. The quantitative estimate of drug-likeness (QED) is 0.889. The highest BCUT2D eigenvalue weighted by Gasteiger charge is 2.61. The standard InChI is InChI=1S/C19H19FN4O2/c20-13-3-1-4-14(9-13)23-18(26)24-8-6-19(12-24)10-16(19)17(25)22-15-5-2-7-21-11-15/h1-5,7,9,11,16H,6,8,10,12H2,(H,22,25)(H,23,26)/t16-,19+/m0/s1. The van der Waals surface area contributed by atoms with Crippen LogP contribution in [0.15, 0.2) is 48.8 Å². The lowest BCUT2D eigenvalue weighted by atomic mass is 10.0. The van der Waals surface area contributed by atoms with Crippen LogP contribution in [-0.4, -0.2) is 34.9 Å². The van der Waals surface area contributed by atoms with E-state index in [-0.39, 0.29) is 23.3 Å². The monoisotopic (exact) mass is 354 g/mol. The zero-order valence-electron chi connectivity index (χ0n) is 14.1. The zero-order valence-corrected chi connectivity index (χ0v) is 14.1. The van der Waals surface area contributed by atoms with Crippen molar-refractivity contribution >= 4 is 23.3 Å². The van der Waals surface area contributed by atoms with Crippen LogP contribution in [0, 0.1) is 17.2 Å². The molecule has 4 rings (SSSR count). The van der Waals surface area contributed by atoms with Gasteiger partial charge in [-0.15, -0.1) is 0 Å². The van der Waals surface area contributed by atoms with Gasteiger partial charge >= 0.3 is 6.03 Å². The fraction of sp³-hybridized carbons (Fsp3) is 0.316. The molecule has 3 amide bonds. The van der Waals surface area contributed by atoms with Crippen molar-refractivity contribution in [3.05, 3.63) is 54.6 Å². The molecule has 1 spiro atoms. The van der Waals surface area contributed by atoms with E-state index in [0.29, 0.717) is 24.5 Å². The lowest BCUT2D eigenvalue weighted by molar-refractivity contribution is -0.118. The molecule has 1 aromatic carbocycles. The van der Waals surface area contributed by atoms with E-state index in [4.69, 9.17) is 0 Å². The van der Waals surface area contributed by atoms with Gasteiger partial charge in [0.1, 0.15) is 5.82 Å². The second-order valence-electron chi connectivity index (χ2n) is 6.96. The number of aromatic nitrogens is 1.